The molecule has 0 atom stereocenters. The van der Waals surface area contributed by atoms with Gasteiger partial charge in [0.1, 0.15) is 13.3 Å². The summed E-state index contributed by atoms with van der Waals surface area (Å²) in [6.45, 7) is -0.466. The van der Waals surface area contributed by atoms with Crippen molar-refractivity contribution in [2.24, 2.45) is 0 Å². The maximum Gasteiger partial charge on any atom is 0.213 e. The zero-order chi connectivity index (χ0) is 15.1. The number of benzene rings is 1. The van der Waals surface area contributed by atoms with Crippen molar-refractivity contribution in [1.82, 2.24) is 4.98 Å². The summed E-state index contributed by atoms with van der Waals surface area (Å²) in [5, 5.41) is 0. The second-order valence-electron chi connectivity index (χ2n) is 4.79. The van der Waals surface area contributed by atoms with Crippen molar-refractivity contribution in [2.45, 2.75) is 0 Å². The number of hydrogen-bond donors (Lipinski definition) is 0. The third kappa shape index (κ3) is 4.60. The van der Waals surface area contributed by atoms with Crippen molar-refractivity contribution < 1.29 is 9.13 Å². The monoisotopic (exact) mass is 285 g/mol. The molecular formula is C17H19FN2O. The molecule has 1 aromatic heterocycles. The van der Waals surface area contributed by atoms with Crippen LogP contribution in [0.3, 0.4) is 0 Å². The molecule has 3 nitrogen and oxygen atoms in total. The van der Waals surface area contributed by atoms with Crippen LogP contribution < -0.4 is 9.64 Å². The number of halogens is 1. The van der Waals surface area contributed by atoms with Gasteiger partial charge in [0.2, 0.25) is 5.88 Å². The number of nitrogens with zero attached hydrogens (tertiary/aromatic N) is 2. The molecule has 110 valence electrons. The van der Waals surface area contributed by atoms with Gasteiger partial charge in [-0.05, 0) is 29.3 Å². The molecule has 0 fully saturated rings. The van der Waals surface area contributed by atoms with Crippen LogP contribution in [-0.4, -0.2) is 32.4 Å². The van der Waals surface area contributed by atoms with Gasteiger partial charge in [-0.15, -0.1) is 0 Å². The van der Waals surface area contributed by atoms with Gasteiger partial charge in [-0.3, -0.25) is 0 Å². The van der Waals surface area contributed by atoms with E-state index in [1.807, 2.05) is 32.3 Å². The molecule has 1 aromatic carbocycles. The average molecular weight is 285 g/mol. The Hall–Kier alpha value is -2.36. The Morgan fingerprint density at radius 1 is 1.05 bits per heavy atom. The molecule has 0 saturated heterocycles. The Labute approximate surface area is 124 Å². The summed E-state index contributed by atoms with van der Waals surface area (Å²) in [6.07, 6.45) is 5.72. The van der Waals surface area contributed by atoms with E-state index in [1.165, 1.54) is 5.69 Å². The number of pyridine rings is 1. The van der Waals surface area contributed by atoms with Gasteiger partial charge in [0, 0.05) is 32.0 Å². The van der Waals surface area contributed by atoms with Crippen LogP contribution in [0.5, 0.6) is 5.88 Å². The Bertz CT molecular complexity index is 577. The summed E-state index contributed by atoms with van der Waals surface area (Å²) >= 11 is 0. The molecule has 2 aromatic rings. The molecule has 0 spiro atoms. The second-order valence-corrected chi connectivity index (χ2v) is 4.79. The number of hydrogen-bond acceptors (Lipinski definition) is 3. The lowest BCUT2D eigenvalue weighted by atomic mass is 10.1. The van der Waals surface area contributed by atoms with Crippen molar-refractivity contribution in [3.8, 4) is 5.88 Å². The van der Waals surface area contributed by atoms with Gasteiger partial charge in [-0.1, -0.05) is 24.3 Å². The molecule has 0 aliphatic carbocycles. The molecule has 0 amide bonds. The number of rotatable bonds is 6. The third-order valence-electron chi connectivity index (χ3n) is 2.96. The van der Waals surface area contributed by atoms with Crippen molar-refractivity contribution in [3.63, 3.8) is 0 Å². The van der Waals surface area contributed by atoms with Crippen LogP contribution in [0.2, 0.25) is 0 Å². The summed E-state index contributed by atoms with van der Waals surface area (Å²) < 4.78 is 17.1. The molecular weight excluding hydrogens is 266 g/mol. The molecule has 0 unspecified atom stereocenters. The van der Waals surface area contributed by atoms with E-state index in [0.717, 1.165) is 11.1 Å². The van der Waals surface area contributed by atoms with Crippen molar-refractivity contribution in [1.29, 1.82) is 0 Å². The lowest BCUT2D eigenvalue weighted by Crippen LogP contribution is -2.07. The fourth-order valence-corrected chi connectivity index (χ4v) is 1.79. The predicted molar refractivity (Wildman–Crippen MR) is 85.4 cm³/mol. The van der Waals surface area contributed by atoms with E-state index in [4.69, 9.17) is 4.74 Å². The van der Waals surface area contributed by atoms with E-state index in [-0.39, 0.29) is 6.61 Å². The minimum absolute atomic E-state index is 0.0421. The Morgan fingerprint density at radius 2 is 1.71 bits per heavy atom. The van der Waals surface area contributed by atoms with Gasteiger partial charge >= 0.3 is 0 Å². The largest absolute Gasteiger partial charge is 0.475 e. The quantitative estimate of drug-likeness (QED) is 0.810. The minimum Gasteiger partial charge on any atom is -0.475 e. The number of ether oxygens (including phenoxy) is 1. The van der Waals surface area contributed by atoms with Gasteiger partial charge in [-0.25, -0.2) is 9.37 Å². The maximum absolute atomic E-state index is 12.0. The van der Waals surface area contributed by atoms with Crippen LogP contribution >= 0.6 is 0 Å². The molecule has 21 heavy (non-hydrogen) atoms. The Morgan fingerprint density at radius 3 is 2.29 bits per heavy atom. The number of anilines is 1. The first-order valence-electron chi connectivity index (χ1n) is 6.79. The van der Waals surface area contributed by atoms with E-state index in [9.17, 15) is 4.39 Å². The maximum atomic E-state index is 12.0. The van der Waals surface area contributed by atoms with Gasteiger partial charge in [0.15, 0.2) is 0 Å². The van der Waals surface area contributed by atoms with Gasteiger partial charge in [0.05, 0.1) is 0 Å². The zero-order valence-corrected chi connectivity index (χ0v) is 12.3. The van der Waals surface area contributed by atoms with Crippen LogP contribution in [0.1, 0.15) is 11.1 Å². The Balaban J connectivity index is 2.00. The molecule has 1 heterocycles. The lowest BCUT2D eigenvalue weighted by molar-refractivity contribution is 0.264. The summed E-state index contributed by atoms with van der Waals surface area (Å²) in [6, 6.07) is 11.9. The highest BCUT2D eigenvalue weighted by Crippen LogP contribution is 2.15. The molecule has 0 aliphatic heterocycles. The average Bonchev–Trinajstić information content (AvgIpc) is 2.52. The van der Waals surface area contributed by atoms with Crippen LogP contribution in [0, 0.1) is 0 Å². The van der Waals surface area contributed by atoms with E-state index in [1.54, 1.807) is 12.3 Å². The predicted octanol–water partition coefficient (Wildman–Crippen LogP) is 3.67. The van der Waals surface area contributed by atoms with Gasteiger partial charge < -0.3 is 9.64 Å². The summed E-state index contributed by atoms with van der Waals surface area (Å²) in [7, 11) is 4.03. The van der Waals surface area contributed by atoms with Gasteiger partial charge in [0.25, 0.3) is 0 Å². The molecule has 0 bridgehead atoms. The first-order valence-corrected chi connectivity index (χ1v) is 6.79. The summed E-state index contributed by atoms with van der Waals surface area (Å²) in [5.74, 6) is 0.445. The van der Waals surface area contributed by atoms with Crippen molar-refractivity contribution in [2.75, 3.05) is 32.3 Å². The molecule has 0 saturated carbocycles. The molecule has 0 N–H and O–H groups in total. The second kappa shape index (κ2) is 7.43. The number of aromatic nitrogens is 1. The lowest BCUT2D eigenvalue weighted by Gasteiger charge is -2.11. The summed E-state index contributed by atoms with van der Waals surface area (Å²) in [5.41, 5.74) is 3.26. The summed E-state index contributed by atoms with van der Waals surface area (Å²) in [4.78, 5) is 6.18. The fraction of sp³-hybridized carbons (Fsp3) is 0.235. The molecule has 0 aliphatic rings. The smallest absolute Gasteiger partial charge is 0.213 e. The molecule has 0 radical (unpaired) electrons. The van der Waals surface area contributed by atoms with E-state index in [2.05, 4.69) is 34.1 Å². The van der Waals surface area contributed by atoms with E-state index < -0.39 is 6.67 Å². The third-order valence-corrected chi connectivity index (χ3v) is 2.96. The topological polar surface area (TPSA) is 25.4 Å². The van der Waals surface area contributed by atoms with E-state index in [0.29, 0.717) is 5.88 Å². The first kappa shape index (κ1) is 15.0. The highest BCUT2D eigenvalue weighted by molar-refractivity contribution is 5.70. The van der Waals surface area contributed by atoms with Crippen LogP contribution in [-0.2, 0) is 0 Å². The van der Waals surface area contributed by atoms with Gasteiger partial charge in [-0.2, -0.15) is 0 Å². The SMILES string of the molecule is CN(C)c1ccc(C=Cc2ccc(OCC[18F])nc2)cc1. The highest BCUT2D eigenvalue weighted by atomic mass is 18.2. The first-order chi connectivity index (χ1) is 10.2. The minimum atomic E-state index is -0.508. The standard InChI is InChI=1S/C17H19FN2O/c1-20(2)16-8-5-14(6-9-16)3-4-15-7-10-17(19-13-15)21-12-11-18/h3-10,13H,11-12H2,1-2H3/i18-1. The van der Waals surface area contributed by atoms with Crippen LogP contribution in [0.4, 0.5) is 10.1 Å². The van der Waals surface area contributed by atoms with Crippen molar-refractivity contribution >= 4 is 17.8 Å². The number of alkyl halides is 1. The normalized spacial score (nSPS) is 10.8. The molecule has 4 heteroatoms. The van der Waals surface area contributed by atoms with Crippen LogP contribution in [0.15, 0.2) is 42.6 Å². The van der Waals surface area contributed by atoms with E-state index >= 15 is 0 Å². The fourth-order valence-electron chi connectivity index (χ4n) is 1.79. The van der Waals surface area contributed by atoms with Crippen LogP contribution in [0.25, 0.3) is 12.2 Å². The molecule has 2 rings (SSSR count). The highest BCUT2D eigenvalue weighted by Gasteiger charge is 1.96. The Kier molecular flexibility index (Phi) is 5.32. The zero-order valence-electron chi connectivity index (χ0n) is 12.3. The van der Waals surface area contributed by atoms with Crippen molar-refractivity contribution in [3.05, 3.63) is 53.7 Å².